The van der Waals surface area contributed by atoms with Crippen molar-refractivity contribution in [1.82, 2.24) is 9.80 Å². The van der Waals surface area contributed by atoms with Crippen LogP contribution in [0.4, 0.5) is 0 Å². The lowest BCUT2D eigenvalue weighted by Gasteiger charge is -2.20. The third-order valence-electron chi connectivity index (χ3n) is 5.29. The van der Waals surface area contributed by atoms with E-state index < -0.39 is 5.09 Å². The van der Waals surface area contributed by atoms with Crippen molar-refractivity contribution >= 4 is 11.8 Å². The van der Waals surface area contributed by atoms with E-state index in [4.69, 9.17) is 4.74 Å². The molecule has 0 saturated heterocycles. The first-order valence-electron chi connectivity index (χ1n) is 10.7. The van der Waals surface area contributed by atoms with Crippen molar-refractivity contribution < 1.29 is 24.3 Å². The van der Waals surface area contributed by atoms with Crippen molar-refractivity contribution in [2.24, 2.45) is 0 Å². The molecule has 0 atom stereocenters. The SMILES string of the molecule is CCN(CCOc1ccc2c(c1)C(=O)N(CCCCO[N+](=O)[O-])C2=O)Cc1ccccc1. The molecule has 170 valence electrons. The summed E-state index contributed by atoms with van der Waals surface area (Å²) in [6.07, 6.45) is 0.802. The third kappa shape index (κ3) is 6.04. The molecule has 9 nitrogen and oxygen atoms in total. The number of hydrogen-bond acceptors (Lipinski definition) is 7. The first-order valence-corrected chi connectivity index (χ1v) is 10.7. The number of nitrogens with zero attached hydrogens (tertiary/aromatic N) is 3. The van der Waals surface area contributed by atoms with Crippen molar-refractivity contribution in [3.63, 3.8) is 0 Å². The first kappa shape index (κ1) is 23.2. The van der Waals surface area contributed by atoms with E-state index in [1.54, 1.807) is 18.2 Å². The van der Waals surface area contributed by atoms with E-state index in [0.717, 1.165) is 19.6 Å². The van der Waals surface area contributed by atoms with Gasteiger partial charge in [0.05, 0.1) is 17.7 Å². The number of hydrogen-bond donors (Lipinski definition) is 0. The molecule has 2 aromatic rings. The topological polar surface area (TPSA) is 102 Å². The molecule has 9 heteroatoms. The average molecular weight is 441 g/mol. The maximum Gasteiger partial charge on any atom is 0.294 e. The molecular formula is C23H27N3O6. The lowest BCUT2D eigenvalue weighted by molar-refractivity contribution is -0.757. The maximum absolute atomic E-state index is 12.7. The molecule has 0 bridgehead atoms. The van der Waals surface area contributed by atoms with Gasteiger partial charge in [-0.2, -0.15) is 0 Å². The predicted molar refractivity (Wildman–Crippen MR) is 117 cm³/mol. The van der Waals surface area contributed by atoms with Crippen LogP contribution < -0.4 is 4.74 Å². The summed E-state index contributed by atoms with van der Waals surface area (Å²) in [5.74, 6) is -0.182. The van der Waals surface area contributed by atoms with E-state index in [1.807, 2.05) is 18.2 Å². The zero-order valence-electron chi connectivity index (χ0n) is 18.1. The molecule has 2 aromatic carbocycles. The summed E-state index contributed by atoms with van der Waals surface area (Å²) >= 11 is 0. The monoisotopic (exact) mass is 441 g/mol. The van der Waals surface area contributed by atoms with E-state index >= 15 is 0 Å². The van der Waals surface area contributed by atoms with Gasteiger partial charge in [0, 0.05) is 19.6 Å². The van der Waals surface area contributed by atoms with Crippen molar-refractivity contribution in [3.05, 3.63) is 75.3 Å². The summed E-state index contributed by atoms with van der Waals surface area (Å²) in [6.45, 7) is 5.13. The van der Waals surface area contributed by atoms with Crippen molar-refractivity contribution in [1.29, 1.82) is 0 Å². The second-order valence-electron chi connectivity index (χ2n) is 7.44. The van der Waals surface area contributed by atoms with Gasteiger partial charge in [-0.1, -0.05) is 37.3 Å². The molecule has 1 aliphatic rings. The fourth-order valence-corrected chi connectivity index (χ4v) is 3.56. The zero-order chi connectivity index (χ0) is 22.9. The predicted octanol–water partition coefficient (Wildman–Crippen LogP) is 3.17. The van der Waals surface area contributed by atoms with Gasteiger partial charge in [-0.05, 0) is 43.1 Å². The van der Waals surface area contributed by atoms with Gasteiger partial charge < -0.3 is 9.57 Å². The molecule has 0 radical (unpaired) electrons. The highest BCUT2D eigenvalue weighted by molar-refractivity contribution is 6.21. The standard InChI is InChI=1S/C23H27N3O6/c1-2-24(17-18-8-4-3-5-9-18)13-15-31-19-10-11-20-21(16-19)23(28)25(22(20)27)12-6-7-14-32-26(29)30/h3-5,8-11,16H,2,6-7,12-15,17H2,1H3. The largest absolute Gasteiger partial charge is 0.492 e. The van der Waals surface area contributed by atoms with E-state index in [-0.39, 0.29) is 25.0 Å². The number of benzene rings is 2. The van der Waals surface area contributed by atoms with E-state index in [1.165, 1.54) is 10.5 Å². The van der Waals surface area contributed by atoms with Crippen LogP contribution in [0.3, 0.4) is 0 Å². The molecule has 0 unspecified atom stereocenters. The van der Waals surface area contributed by atoms with Gasteiger partial charge in [0.25, 0.3) is 16.9 Å². The Bertz CT molecular complexity index is 950. The van der Waals surface area contributed by atoms with Crippen LogP contribution in [0.25, 0.3) is 0 Å². The smallest absolute Gasteiger partial charge is 0.294 e. The van der Waals surface area contributed by atoms with Crippen LogP contribution in [-0.4, -0.2) is 59.5 Å². The van der Waals surface area contributed by atoms with E-state index in [0.29, 0.717) is 36.3 Å². The Morgan fingerprint density at radius 1 is 1.00 bits per heavy atom. The molecule has 1 heterocycles. The van der Waals surface area contributed by atoms with Crippen LogP contribution in [0.5, 0.6) is 5.75 Å². The van der Waals surface area contributed by atoms with Gasteiger partial charge in [0.2, 0.25) is 0 Å². The third-order valence-corrected chi connectivity index (χ3v) is 5.29. The second kappa shape index (κ2) is 11.2. The number of fused-ring (bicyclic) bond motifs is 1. The highest BCUT2D eigenvalue weighted by Gasteiger charge is 2.35. The highest BCUT2D eigenvalue weighted by atomic mass is 16.9. The fraction of sp³-hybridized carbons (Fsp3) is 0.391. The van der Waals surface area contributed by atoms with Gasteiger partial charge >= 0.3 is 0 Å². The molecular weight excluding hydrogens is 414 g/mol. The number of ether oxygens (including phenoxy) is 1. The van der Waals surface area contributed by atoms with Crippen LogP contribution in [-0.2, 0) is 11.4 Å². The second-order valence-corrected chi connectivity index (χ2v) is 7.44. The van der Waals surface area contributed by atoms with Crippen molar-refractivity contribution in [2.75, 3.05) is 32.8 Å². The van der Waals surface area contributed by atoms with Gasteiger partial charge in [-0.15, -0.1) is 10.1 Å². The minimum Gasteiger partial charge on any atom is -0.492 e. The maximum atomic E-state index is 12.7. The summed E-state index contributed by atoms with van der Waals surface area (Å²) < 4.78 is 5.85. The van der Waals surface area contributed by atoms with Gasteiger partial charge in [-0.25, -0.2) is 0 Å². The lowest BCUT2D eigenvalue weighted by Crippen LogP contribution is -2.30. The normalized spacial score (nSPS) is 12.9. The zero-order valence-corrected chi connectivity index (χ0v) is 18.1. The molecule has 0 spiro atoms. The number of carbonyl (C=O) groups is 2. The number of rotatable bonds is 13. The first-order chi connectivity index (χ1) is 15.5. The molecule has 0 fully saturated rings. The average Bonchev–Trinajstić information content (AvgIpc) is 3.03. The minimum absolute atomic E-state index is 0.0623. The number of likely N-dealkylation sites (N-methyl/N-ethyl adjacent to an activating group) is 1. The van der Waals surface area contributed by atoms with E-state index in [9.17, 15) is 19.7 Å². The molecule has 0 saturated carbocycles. The lowest BCUT2D eigenvalue weighted by atomic mass is 10.1. The Kier molecular flexibility index (Phi) is 8.15. The molecule has 0 N–H and O–H groups in total. The van der Waals surface area contributed by atoms with Crippen LogP contribution in [0.15, 0.2) is 48.5 Å². The van der Waals surface area contributed by atoms with Crippen LogP contribution in [0, 0.1) is 10.1 Å². The minimum atomic E-state index is -0.856. The van der Waals surface area contributed by atoms with Gasteiger partial charge in [0.1, 0.15) is 12.4 Å². The van der Waals surface area contributed by atoms with Gasteiger partial charge in [0.15, 0.2) is 0 Å². The summed E-state index contributed by atoms with van der Waals surface area (Å²) in [5.41, 5.74) is 1.91. The summed E-state index contributed by atoms with van der Waals surface area (Å²) in [7, 11) is 0. The highest BCUT2D eigenvalue weighted by Crippen LogP contribution is 2.27. The number of unbranched alkanes of at least 4 members (excludes halogenated alkanes) is 1. The summed E-state index contributed by atoms with van der Waals surface area (Å²) in [4.78, 5) is 43.0. The fourth-order valence-electron chi connectivity index (χ4n) is 3.56. The Balaban J connectivity index is 1.50. The van der Waals surface area contributed by atoms with Crippen LogP contribution in [0.1, 0.15) is 46.0 Å². The van der Waals surface area contributed by atoms with E-state index in [2.05, 4.69) is 28.8 Å². The molecule has 1 aliphatic heterocycles. The molecule has 0 aliphatic carbocycles. The molecule has 32 heavy (non-hydrogen) atoms. The molecule has 2 amide bonds. The number of carbonyl (C=O) groups excluding carboxylic acids is 2. The quantitative estimate of drug-likeness (QED) is 0.204. The van der Waals surface area contributed by atoms with Crippen LogP contribution >= 0.6 is 0 Å². The number of amides is 2. The van der Waals surface area contributed by atoms with Crippen molar-refractivity contribution in [2.45, 2.75) is 26.3 Å². The van der Waals surface area contributed by atoms with Crippen molar-refractivity contribution in [3.8, 4) is 5.75 Å². The van der Waals surface area contributed by atoms with Gasteiger partial charge in [-0.3, -0.25) is 19.4 Å². The summed E-state index contributed by atoms with van der Waals surface area (Å²) in [6, 6.07) is 15.1. The Morgan fingerprint density at radius 3 is 2.47 bits per heavy atom. The Morgan fingerprint density at radius 2 is 1.75 bits per heavy atom. The Hall–Kier alpha value is -3.46. The Labute approximate surface area is 186 Å². The number of imide groups is 1. The molecule has 3 rings (SSSR count). The summed E-state index contributed by atoms with van der Waals surface area (Å²) in [5, 5.41) is 9.31. The van der Waals surface area contributed by atoms with Crippen LogP contribution in [0.2, 0.25) is 0 Å². The molecule has 0 aromatic heterocycles.